The number of rotatable bonds is 2. The Morgan fingerprint density at radius 3 is 2.93 bits per heavy atom. The second-order valence-electron chi connectivity index (χ2n) is 4.95. The molecule has 0 aliphatic carbocycles. The molecule has 0 bridgehead atoms. The monoisotopic (exact) mass is 197 g/mol. The molecule has 0 aromatic heterocycles. The Kier molecular flexibility index (Phi) is 3.82. The van der Waals surface area contributed by atoms with Gasteiger partial charge in [-0.05, 0) is 58.0 Å². The van der Waals surface area contributed by atoms with Gasteiger partial charge in [0.25, 0.3) is 0 Å². The van der Waals surface area contributed by atoms with E-state index in [1.165, 1.54) is 51.6 Å². The van der Waals surface area contributed by atoms with Gasteiger partial charge in [0.1, 0.15) is 0 Å². The lowest BCUT2D eigenvalue weighted by Crippen LogP contribution is -2.24. The van der Waals surface area contributed by atoms with E-state index < -0.39 is 0 Å². The first-order chi connectivity index (χ1) is 6.84. The summed E-state index contributed by atoms with van der Waals surface area (Å²) in [5.74, 6) is 0.868. The van der Waals surface area contributed by atoms with Crippen molar-refractivity contribution in [2.45, 2.75) is 57.7 Å². The minimum atomic E-state index is 0.513. The zero-order valence-electron chi connectivity index (χ0n) is 9.30. The topological polar surface area (TPSA) is 21.3 Å². The van der Waals surface area contributed by atoms with Gasteiger partial charge in [-0.1, -0.05) is 6.42 Å². The van der Waals surface area contributed by atoms with Crippen LogP contribution in [0.1, 0.15) is 45.4 Å². The number of hydrogen-bond donors (Lipinski definition) is 1. The van der Waals surface area contributed by atoms with Crippen LogP contribution in [0.15, 0.2) is 0 Å². The zero-order valence-corrected chi connectivity index (χ0v) is 9.30. The molecule has 0 radical (unpaired) electrons. The van der Waals surface area contributed by atoms with E-state index in [0.29, 0.717) is 12.2 Å². The molecule has 14 heavy (non-hydrogen) atoms. The fourth-order valence-corrected chi connectivity index (χ4v) is 2.72. The third kappa shape index (κ3) is 2.96. The minimum absolute atomic E-state index is 0.513. The average molecular weight is 197 g/mol. The lowest BCUT2D eigenvalue weighted by molar-refractivity contribution is 0.0404. The summed E-state index contributed by atoms with van der Waals surface area (Å²) in [7, 11) is 0. The van der Waals surface area contributed by atoms with Crippen LogP contribution in [0.5, 0.6) is 0 Å². The van der Waals surface area contributed by atoms with Crippen LogP contribution in [0.2, 0.25) is 0 Å². The zero-order chi connectivity index (χ0) is 9.80. The SMILES string of the molecule is CC1CCC(CC2CCCCNC2)O1. The van der Waals surface area contributed by atoms with Gasteiger partial charge in [-0.15, -0.1) is 0 Å². The molecule has 0 aromatic carbocycles. The molecule has 2 heterocycles. The molecule has 2 aliphatic heterocycles. The summed E-state index contributed by atoms with van der Waals surface area (Å²) in [6.45, 7) is 4.64. The van der Waals surface area contributed by atoms with Gasteiger partial charge >= 0.3 is 0 Å². The van der Waals surface area contributed by atoms with E-state index in [9.17, 15) is 0 Å². The van der Waals surface area contributed by atoms with Crippen LogP contribution < -0.4 is 5.32 Å². The van der Waals surface area contributed by atoms with Crippen LogP contribution >= 0.6 is 0 Å². The summed E-state index contributed by atoms with van der Waals surface area (Å²) in [5, 5.41) is 3.53. The molecule has 2 saturated heterocycles. The Morgan fingerprint density at radius 2 is 2.14 bits per heavy atom. The highest BCUT2D eigenvalue weighted by atomic mass is 16.5. The maximum atomic E-state index is 5.88. The predicted octanol–water partition coefficient (Wildman–Crippen LogP) is 2.33. The molecule has 2 rings (SSSR count). The van der Waals surface area contributed by atoms with Gasteiger partial charge in [-0.2, -0.15) is 0 Å². The van der Waals surface area contributed by atoms with Gasteiger partial charge < -0.3 is 10.1 Å². The van der Waals surface area contributed by atoms with Crippen molar-refractivity contribution in [3.8, 4) is 0 Å². The normalized spacial score (nSPS) is 39.6. The summed E-state index contributed by atoms with van der Waals surface area (Å²) in [6, 6.07) is 0. The number of hydrogen-bond acceptors (Lipinski definition) is 2. The first-order valence-corrected chi connectivity index (χ1v) is 6.21. The molecule has 82 valence electrons. The van der Waals surface area contributed by atoms with Gasteiger partial charge in [0.05, 0.1) is 12.2 Å². The molecule has 0 amide bonds. The summed E-state index contributed by atoms with van der Waals surface area (Å²) in [6.07, 6.45) is 9.09. The summed E-state index contributed by atoms with van der Waals surface area (Å²) >= 11 is 0. The van der Waals surface area contributed by atoms with E-state index in [2.05, 4.69) is 12.2 Å². The van der Waals surface area contributed by atoms with E-state index in [1.807, 2.05) is 0 Å². The first-order valence-electron chi connectivity index (χ1n) is 6.21. The highest BCUT2D eigenvalue weighted by Gasteiger charge is 2.25. The van der Waals surface area contributed by atoms with Crippen LogP contribution in [0.25, 0.3) is 0 Å². The average Bonchev–Trinajstić information content (AvgIpc) is 2.43. The van der Waals surface area contributed by atoms with Gasteiger partial charge in [0.2, 0.25) is 0 Å². The second-order valence-corrected chi connectivity index (χ2v) is 4.95. The minimum Gasteiger partial charge on any atom is -0.375 e. The summed E-state index contributed by atoms with van der Waals surface area (Å²) < 4.78 is 5.88. The molecular weight excluding hydrogens is 174 g/mol. The smallest absolute Gasteiger partial charge is 0.0582 e. The molecule has 2 aliphatic rings. The predicted molar refractivity (Wildman–Crippen MR) is 58.4 cm³/mol. The molecule has 0 spiro atoms. The Balaban J connectivity index is 1.72. The van der Waals surface area contributed by atoms with Crippen LogP contribution in [-0.2, 0) is 4.74 Å². The van der Waals surface area contributed by atoms with Crippen molar-refractivity contribution in [3.05, 3.63) is 0 Å². The fraction of sp³-hybridized carbons (Fsp3) is 1.00. The van der Waals surface area contributed by atoms with Crippen molar-refractivity contribution in [2.75, 3.05) is 13.1 Å². The van der Waals surface area contributed by atoms with Crippen molar-refractivity contribution < 1.29 is 4.74 Å². The largest absolute Gasteiger partial charge is 0.375 e. The summed E-state index contributed by atoms with van der Waals surface area (Å²) in [5.41, 5.74) is 0. The Labute approximate surface area is 87.4 Å². The molecule has 3 atom stereocenters. The molecule has 2 fully saturated rings. The Morgan fingerprint density at radius 1 is 1.21 bits per heavy atom. The van der Waals surface area contributed by atoms with Crippen molar-refractivity contribution in [3.63, 3.8) is 0 Å². The van der Waals surface area contributed by atoms with Crippen LogP contribution in [0, 0.1) is 5.92 Å². The van der Waals surface area contributed by atoms with Gasteiger partial charge in [-0.3, -0.25) is 0 Å². The van der Waals surface area contributed by atoms with Crippen molar-refractivity contribution in [2.24, 2.45) is 5.92 Å². The van der Waals surface area contributed by atoms with Crippen molar-refractivity contribution in [1.29, 1.82) is 0 Å². The van der Waals surface area contributed by atoms with E-state index >= 15 is 0 Å². The molecule has 0 saturated carbocycles. The first kappa shape index (κ1) is 10.4. The lowest BCUT2D eigenvalue weighted by atomic mass is 9.95. The van der Waals surface area contributed by atoms with E-state index in [1.54, 1.807) is 0 Å². The van der Waals surface area contributed by atoms with E-state index in [4.69, 9.17) is 4.74 Å². The quantitative estimate of drug-likeness (QED) is 0.733. The lowest BCUT2D eigenvalue weighted by Gasteiger charge is -2.18. The summed E-state index contributed by atoms with van der Waals surface area (Å²) in [4.78, 5) is 0. The maximum Gasteiger partial charge on any atom is 0.0582 e. The standard InChI is InChI=1S/C12H23NO/c1-10-5-6-12(14-10)8-11-4-2-3-7-13-9-11/h10-13H,2-9H2,1H3. The molecule has 1 N–H and O–H groups in total. The van der Waals surface area contributed by atoms with Crippen molar-refractivity contribution >= 4 is 0 Å². The Hall–Kier alpha value is -0.0800. The third-order valence-electron chi connectivity index (χ3n) is 3.57. The number of ether oxygens (including phenoxy) is 1. The van der Waals surface area contributed by atoms with Crippen LogP contribution in [0.4, 0.5) is 0 Å². The van der Waals surface area contributed by atoms with E-state index in [0.717, 1.165) is 5.92 Å². The fourth-order valence-electron chi connectivity index (χ4n) is 2.72. The van der Waals surface area contributed by atoms with Gasteiger partial charge in [0.15, 0.2) is 0 Å². The molecule has 2 heteroatoms. The maximum absolute atomic E-state index is 5.88. The van der Waals surface area contributed by atoms with Crippen LogP contribution in [-0.4, -0.2) is 25.3 Å². The highest BCUT2D eigenvalue weighted by Crippen LogP contribution is 2.26. The third-order valence-corrected chi connectivity index (χ3v) is 3.57. The number of nitrogens with one attached hydrogen (secondary N) is 1. The van der Waals surface area contributed by atoms with Crippen molar-refractivity contribution in [1.82, 2.24) is 5.32 Å². The second kappa shape index (κ2) is 5.13. The molecule has 3 unspecified atom stereocenters. The van der Waals surface area contributed by atoms with E-state index in [-0.39, 0.29) is 0 Å². The molecular formula is C12H23NO. The Bertz CT molecular complexity index is 164. The molecule has 2 nitrogen and oxygen atoms in total. The van der Waals surface area contributed by atoms with Gasteiger partial charge in [0, 0.05) is 0 Å². The van der Waals surface area contributed by atoms with Crippen LogP contribution in [0.3, 0.4) is 0 Å². The molecule has 0 aromatic rings. The van der Waals surface area contributed by atoms with Gasteiger partial charge in [-0.25, -0.2) is 0 Å². The highest BCUT2D eigenvalue weighted by molar-refractivity contribution is 4.76.